The van der Waals surface area contributed by atoms with Crippen molar-refractivity contribution in [1.29, 1.82) is 0 Å². The number of ether oxygens (including phenoxy) is 2. The highest BCUT2D eigenvalue weighted by Gasteiger charge is 2.15. The maximum atomic E-state index is 12.2. The first-order valence-corrected chi connectivity index (χ1v) is 8.07. The van der Waals surface area contributed by atoms with E-state index in [1.165, 1.54) is 0 Å². The summed E-state index contributed by atoms with van der Waals surface area (Å²) in [6.45, 7) is 5.48. The van der Waals surface area contributed by atoms with Gasteiger partial charge in [-0.1, -0.05) is 30.3 Å². The van der Waals surface area contributed by atoms with Gasteiger partial charge in [0.2, 0.25) is 0 Å². The zero-order valence-corrected chi connectivity index (χ0v) is 14.0. The molecule has 1 aromatic carbocycles. The Morgan fingerprint density at radius 3 is 2.70 bits per heavy atom. The van der Waals surface area contributed by atoms with Crippen molar-refractivity contribution >= 4 is 6.03 Å². The van der Waals surface area contributed by atoms with Gasteiger partial charge in [0.15, 0.2) is 0 Å². The van der Waals surface area contributed by atoms with E-state index >= 15 is 0 Å². The van der Waals surface area contributed by atoms with Crippen molar-refractivity contribution < 1.29 is 14.3 Å². The van der Waals surface area contributed by atoms with Crippen molar-refractivity contribution in [1.82, 2.24) is 15.1 Å². The molecular weight excluding hydrogens is 294 g/mol. The molecule has 0 spiro atoms. The highest BCUT2D eigenvalue weighted by atomic mass is 16.5. The Morgan fingerprint density at radius 1 is 1.35 bits per heavy atom. The lowest BCUT2D eigenvalue weighted by Gasteiger charge is -2.28. The molecule has 23 heavy (non-hydrogen) atoms. The first-order chi connectivity index (χ1) is 11.2. The minimum Gasteiger partial charge on any atom is -0.379 e. The average molecular weight is 321 g/mol. The van der Waals surface area contributed by atoms with Crippen LogP contribution >= 0.6 is 0 Å². The minimum atomic E-state index is -0.132. The number of morpholine rings is 1. The lowest BCUT2D eigenvalue weighted by Crippen LogP contribution is -2.45. The van der Waals surface area contributed by atoms with Gasteiger partial charge in [0.1, 0.15) is 0 Å². The van der Waals surface area contributed by atoms with Gasteiger partial charge < -0.3 is 19.7 Å². The largest absolute Gasteiger partial charge is 0.379 e. The third-order valence-electron chi connectivity index (χ3n) is 4.10. The number of hydrogen-bond acceptors (Lipinski definition) is 4. The Hall–Kier alpha value is -1.63. The van der Waals surface area contributed by atoms with Crippen LogP contribution in [0.1, 0.15) is 11.7 Å². The van der Waals surface area contributed by atoms with Crippen LogP contribution in [-0.4, -0.2) is 75.9 Å². The van der Waals surface area contributed by atoms with Gasteiger partial charge >= 0.3 is 6.03 Å². The van der Waals surface area contributed by atoms with Crippen LogP contribution < -0.4 is 5.32 Å². The summed E-state index contributed by atoms with van der Waals surface area (Å²) >= 11 is 0. The number of urea groups is 1. The predicted octanol–water partition coefficient (Wildman–Crippen LogP) is 1.35. The average Bonchev–Trinajstić information content (AvgIpc) is 2.61. The van der Waals surface area contributed by atoms with Gasteiger partial charge in [0.25, 0.3) is 0 Å². The van der Waals surface area contributed by atoms with Gasteiger partial charge in [-0.25, -0.2) is 4.79 Å². The Labute approximate surface area is 138 Å². The maximum absolute atomic E-state index is 12.2. The van der Waals surface area contributed by atoms with Crippen LogP contribution in [0.2, 0.25) is 0 Å². The normalized spacial score (nSPS) is 16.8. The van der Waals surface area contributed by atoms with Crippen LogP contribution in [0.5, 0.6) is 0 Å². The summed E-state index contributed by atoms with van der Waals surface area (Å²) in [6, 6.07) is 9.84. The third-order valence-corrected chi connectivity index (χ3v) is 4.10. The molecule has 2 rings (SSSR count). The molecule has 1 atom stereocenters. The molecular formula is C17H27N3O3. The lowest BCUT2D eigenvalue weighted by atomic mass is 10.1. The SMILES string of the molecule is COC(CNC(=O)N(C)CCN1CCOCC1)c1ccccc1. The van der Waals surface area contributed by atoms with Crippen molar-refractivity contribution in [3.05, 3.63) is 35.9 Å². The van der Waals surface area contributed by atoms with E-state index in [9.17, 15) is 4.79 Å². The summed E-state index contributed by atoms with van der Waals surface area (Å²) in [4.78, 5) is 16.2. The zero-order valence-electron chi connectivity index (χ0n) is 14.0. The molecule has 6 heteroatoms. The molecule has 1 aromatic rings. The van der Waals surface area contributed by atoms with Gasteiger partial charge in [-0.05, 0) is 5.56 Å². The van der Waals surface area contributed by atoms with Crippen LogP contribution in [0.3, 0.4) is 0 Å². The lowest BCUT2D eigenvalue weighted by molar-refractivity contribution is 0.0356. The summed E-state index contributed by atoms with van der Waals surface area (Å²) < 4.78 is 10.8. The second-order valence-electron chi connectivity index (χ2n) is 5.70. The fourth-order valence-corrected chi connectivity index (χ4v) is 2.54. The van der Waals surface area contributed by atoms with Gasteiger partial charge in [-0.2, -0.15) is 0 Å². The van der Waals surface area contributed by atoms with E-state index in [0.29, 0.717) is 13.1 Å². The maximum Gasteiger partial charge on any atom is 0.317 e. The number of hydrogen-bond donors (Lipinski definition) is 1. The van der Waals surface area contributed by atoms with Crippen molar-refractivity contribution in [2.45, 2.75) is 6.10 Å². The molecule has 2 amide bonds. The predicted molar refractivity (Wildman–Crippen MR) is 89.5 cm³/mol. The van der Waals surface area contributed by atoms with E-state index < -0.39 is 0 Å². The zero-order chi connectivity index (χ0) is 16.5. The number of rotatable bonds is 7. The second kappa shape index (κ2) is 9.50. The second-order valence-corrected chi connectivity index (χ2v) is 5.70. The number of carbonyl (C=O) groups excluding carboxylic acids is 1. The van der Waals surface area contributed by atoms with Crippen LogP contribution in [0.25, 0.3) is 0 Å². The molecule has 1 aliphatic heterocycles. The van der Waals surface area contributed by atoms with Crippen LogP contribution in [0.15, 0.2) is 30.3 Å². The Balaban J connectivity index is 1.72. The molecule has 0 saturated carbocycles. The highest BCUT2D eigenvalue weighted by Crippen LogP contribution is 2.14. The van der Waals surface area contributed by atoms with E-state index in [0.717, 1.165) is 38.4 Å². The first-order valence-electron chi connectivity index (χ1n) is 8.07. The summed E-state index contributed by atoms with van der Waals surface area (Å²) in [7, 11) is 3.48. The van der Waals surface area contributed by atoms with Gasteiger partial charge in [-0.15, -0.1) is 0 Å². The van der Waals surface area contributed by atoms with Crippen LogP contribution in [0.4, 0.5) is 4.79 Å². The van der Waals surface area contributed by atoms with E-state index in [1.807, 2.05) is 37.4 Å². The molecule has 6 nitrogen and oxygen atoms in total. The topological polar surface area (TPSA) is 54.0 Å². The number of likely N-dealkylation sites (N-methyl/N-ethyl adjacent to an activating group) is 1. The molecule has 1 aliphatic rings. The molecule has 0 aromatic heterocycles. The summed E-state index contributed by atoms with van der Waals surface area (Å²) in [5, 5.41) is 2.94. The molecule has 1 unspecified atom stereocenters. The molecule has 1 heterocycles. The Morgan fingerprint density at radius 2 is 2.04 bits per heavy atom. The highest BCUT2D eigenvalue weighted by molar-refractivity contribution is 5.73. The number of amides is 2. The number of nitrogens with one attached hydrogen (secondary N) is 1. The summed E-state index contributed by atoms with van der Waals surface area (Å²) in [5.41, 5.74) is 1.06. The molecule has 128 valence electrons. The van der Waals surface area contributed by atoms with Crippen molar-refractivity contribution in [2.24, 2.45) is 0 Å². The fraction of sp³-hybridized carbons (Fsp3) is 0.588. The smallest absolute Gasteiger partial charge is 0.317 e. The molecule has 1 fully saturated rings. The van der Waals surface area contributed by atoms with Gasteiger partial charge in [0.05, 0.1) is 19.3 Å². The summed E-state index contributed by atoms with van der Waals surface area (Å²) in [6.07, 6.45) is -0.132. The van der Waals surface area contributed by atoms with E-state index in [2.05, 4.69) is 10.2 Å². The molecule has 0 bridgehead atoms. The van der Waals surface area contributed by atoms with Crippen LogP contribution in [-0.2, 0) is 9.47 Å². The van der Waals surface area contributed by atoms with E-state index in [1.54, 1.807) is 12.0 Å². The molecule has 1 N–H and O–H groups in total. The first kappa shape index (κ1) is 17.7. The van der Waals surface area contributed by atoms with Crippen molar-refractivity contribution in [3.63, 3.8) is 0 Å². The van der Waals surface area contributed by atoms with Crippen molar-refractivity contribution in [3.8, 4) is 0 Å². The van der Waals surface area contributed by atoms with Crippen molar-refractivity contribution in [2.75, 3.05) is 60.1 Å². The Bertz CT molecular complexity index is 463. The third kappa shape index (κ3) is 5.82. The van der Waals surface area contributed by atoms with E-state index in [4.69, 9.17) is 9.47 Å². The Kier molecular flexibility index (Phi) is 7.32. The minimum absolute atomic E-state index is 0.0729. The molecule has 1 saturated heterocycles. The summed E-state index contributed by atoms with van der Waals surface area (Å²) in [5.74, 6) is 0. The fourth-order valence-electron chi connectivity index (χ4n) is 2.54. The van der Waals surface area contributed by atoms with E-state index in [-0.39, 0.29) is 12.1 Å². The standard InChI is InChI=1S/C17H27N3O3/c1-19(8-9-20-10-12-23-13-11-20)17(21)18-14-16(22-2)15-6-4-3-5-7-15/h3-7,16H,8-14H2,1-2H3,(H,18,21). The quantitative estimate of drug-likeness (QED) is 0.824. The van der Waals surface area contributed by atoms with Crippen LogP contribution in [0, 0.1) is 0 Å². The number of methoxy groups -OCH3 is 1. The number of benzene rings is 1. The monoisotopic (exact) mass is 321 g/mol. The number of nitrogens with zero attached hydrogens (tertiary/aromatic N) is 2. The number of carbonyl (C=O) groups is 1. The molecule has 0 radical (unpaired) electrons. The van der Waals surface area contributed by atoms with Gasteiger partial charge in [-0.3, -0.25) is 4.90 Å². The molecule has 0 aliphatic carbocycles. The van der Waals surface area contributed by atoms with Gasteiger partial charge in [0, 0.05) is 46.9 Å².